The van der Waals surface area contributed by atoms with Crippen LogP contribution in [0.2, 0.25) is 0 Å². The van der Waals surface area contributed by atoms with E-state index in [9.17, 15) is 27.6 Å². The fourth-order valence-electron chi connectivity index (χ4n) is 5.48. The Morgan fingerprint density at radius 2 is 1.65 bits per heavy atom. The monoisotopic (exact) mass is 639 g/mol. The third-order valence-electron chi connectivity index (χ3n) is 8.14. The molecule has 0 saturated carbocycles. The van der Waals surface area contributed by atoms with Crippen LogP contribution in [-0.4, -0.2) is 79.4 Å². The number of pyridine rings is 1. The summed E-state index contributed by atoms with van der Waals surface area (Å²) >= 11 is 0. The number of hydrogen-bond acceptors (Lipinski definition) is 6. The van der Waals surface area contributed by atoms with Gasteiger partial charge in [0, 0.05) is 65.3 Å². The molecule has 0 unspecified atom stereocenters. The number of benzene rings is 2. The molecule has 0 fully saturated rings. The molecule has 9 nitrogen and oxygen atoms in total. The maximum Gasteiger partial charge on any atom is 0.417 e. The number of likely N-dealkylation sites (N-methyl/N-ethyl adjacent to an activating group) is 1. The van der Waals surface area contributed by atoms with E-state index in [1.165, 1.54) is 35.0 Å². The first-order valence-corrected chi connectivity index (χ1v) is 15.2. The molecule has 0 atom stereocenters. The summed E-state index contributed by atoms with van der Waals surface area (Å²) in [7, 11) is 3.15. The molecular weight excluding hydrogens is 599 g/mol. The highest BCUT2D eigenvalue weighted by Gasteiger charge is 2.45. The Kier molecular flexibility index (Phi) is 10.7. The van der Waals surface area contributed by atoms with Gasteiger partial charge in [0.2, 0.25) is 11.8 Å². The molecule has 1 aliphatic heterocycles. The van der Waals surface area contributed by atoms with Gasteiger partial charge in [-0.25, -0.2) is 0 Å². The average Bonchev–Trinajstić information content (AvgIpc) is 3.09. The van der Waals surface area contributed by atoms with Crippen LogP contribution >= 0.6 is 0 Å². The van der Waals surface area contributed by atoms with Gasteiger partial charge in [0.1, 0.15) is 11.2 Å². The minimum absolute atomic E-state index is 0.213. The van der Waals surface area contributed by atoms with E-state index in [1.54, 1.807) is 56.4 Å². The number of amides is 3. The number of halogens is 3. The second kappa shape index (κ2) is 14.3. The van der Waals surface area contributed by atoms with Crippen molar-refractivity contribution in [1.82, 2.24) is 14.8 Å². The topological polar surface area (TPSA) is 86.3 Å². The molecule has 4 rings (SSSR count). The normalized spacial score (nSPS) is 14.7. The van der Waals surface area contributed by atoms with Gasteiger partial charge in [0.05, 0.1) is 29.1 Å². The van der Waals surface area contributed by atoms with Crippen LogP contribution in [-0.2, 0) is 22.3 Å². The SMILES string of the molecule is CCN1C(=O)C(C)(C)C(=O)N(C)c2cc(OCCCN(CCN(C)C(=O)c3ccccc3C(F)(F)F)Cc3ccncc3)ccc21. The van der Waals surface area contributed by atoms with E-state index in [0.717, 1.165) is 11.6 Å². The number of nitrogens with zero attached hydrogens (tertiary/aromatic N) is 5. The number of hydrogen-bond donors (Lipinski definition) is 0. The molecule has 0 N–H and O–H groups in total. The van der Waals surface area contributed by atoms with Crippen molar-refractivity contribution in [2.24, 2.45) is 5.41 Å². The molecule has 246 valence electrons. The number of alkyl halides is 3. The standard InChI is InChI=1S/C34H40F3N5O4/c1-6-42-28-13-12-25(22-29(28)40(5)31(44)33(2,3)32(42)45)46-21-9-18-41(23-24-14-16-38-17-15-24)20-19-39(4)30(43)26-10-7-8-11-27(26)34(35,36)37/h7-8,10-17,22H,6,9,18-21,23H2,1-5H3. The van der Waals surface area contributed by atoms with Gasteiger partial charge in [-0.15, -0.1) is 0 Å². The van der Waals surface area contributed by atoms with Crippen molar-refractivity contribution in [2.45, 2.75) is 39.9 Å². The van der Waals surface area contributed by atoms with Gasteiger partial charge in [-0.2, -0.15) is 13.2 Å². The molecule has 46 heavy (non-hydrogen) atoms. The van der Waals surface area contributed by atoms with Crippen molar-refractivity contribution in [3.63, 3.8) is 0 Å². The molecule has 1 aliphatic rings. The number of aromatic nitrogens is 1. The van der Waals surface area contributed by atoms with Crippen molar-refractivity contribution in [3.8, 4) is 5.75 Å². The van der Waals surface area contributed by atoms with Gasteiger partial charge < -0.3 is 19.4 Å². The molecule has 2 aromatic carbocycles. The Morgan fingerprint density at radius 3 is 2.33 bits per heavy atom. The fraction of sp³-hybridized carbons (Fsp3) is 0.412. The van der Waals surface area contributed by atoms with E-state index in [2.05, 4.69) is 9.88 Å². The first-order chi connectivity index (χ1) is 21.8. The zero-order valence-electron chi connectivity index (χ0n) is 26.8. The molecular formula is C34H40F3N5O4. The smallest absolute Gasteiger partial charge is 0.417 e. The summed E-state index contributed by atoms with van der Waals surface area (Å²) in [6, 6.07) is 13.9. The van der Waals surface area contributed by atoms with Crippen molar-refractivity contribution < 1.29 is 32.3 Å². The predicted molar refractivity (Wildman–Crippen MR) is 170 cm³/mol. The summed E-state index contributed by atoms with van der Waals surface area (Å²) in [5.41, 5.74) is -0.311. The highest BCUT2D eigenvalue weighted by molar-refractivity contribution is 6.20. The van der Waals surface area contributed by atoms with Crippen LogP contribution in [0, 0.1) is 5.41 Å². The Labute approximate surface area is 267 Å². The van der Waals surface area contributed by atoms with Crippen molar-refractivity contribution in [1.29, 1.82) is 0 Å². The summed E-state index contributed by atoms with van der Waals surface area (Å²) in [6.45, 7) is 7.65. The minimum atomic E-state index is -4.63. The van der Waals surface area contributed by atoms with E-state index in [0.29, 0.717) is 56.3 Å². The predicted octanol–water partition coefficient (Wildman–Crippen LogP) is 5.50. The lowest BCUT2D eigenvalue weighted by atomic mass is 9.90. The Hall–Kier alpha value is -4.45. The zero-order valence-corrected chi connectivity index (χ0v) is 26.8. The van der Waals surface area contributed by atoms with Gasteiger partial charge in [0.25, 0.3) is 5.91 Å². The first-order valence-electron chi connectivity index (χ1n) is 15.2. The third-order valence-corrected chi connectivity index (χ3v) is 8.14. The van der Waals surface area contributed by atoms with Gasteiger partial charge in [-0.1, -0.05) is 12.1 Å². The number of carbonyl (C=O) groups excluding carboxylic acids is 3. The summed E-state index contributed by atoms with van der Waals surface area (Å²) in [6.07, 6.45) is -0.645. The van der Waals surface area contributed by atoms with E-state index < -0.39 is 23.1 Å². The van der Waals surface area contributed by atoms with Crippen LogP contribution in [0.4, 0.5) is 24.5 Å². The van der Waals surface area contributed by atoms with Crippen LogP contribution in [0.15, 0.2) is 67.0 Å². The van der Waals surface area contributed by atoms with Gasteiger partial charge in [-0.3, -0.25) is 24.3 Å². The molecule has 0 radical (unpaired) electrons. The van der Waals surface area contributed by atoms with Gasteiger partial charge >= 0.3 is 6.18 Å². The number of rotatable bonds is 12. The lowest BCUT2D eigenvalue weighted by Crippen LogP contribution is -2.47. The Bertz CT molecular complexity index is 1550. The highest BCUT2D eigenvalue weighted by atomic mass is 19.4. The molecule has 0 bridgehead atoms. The second-order valence-electron chi connectivity index (χ2n) is 11.8. The maximum atomic E-state index is 13.5. The lowest BCUT2D eigenvalue weighted by Gasteiger charge is -2.27. The lowest BCUT2D eigenvalue weighted by molar-refractivity contribution is -0.138. The average molecular weight is 640 g/mol. The number of fused-ring (bicyclic) bond motifs is 1. The van der Waals surface area contributed by atoms with E-state index in [1.807, 2.05) is 19.1 Å². The third kappa shape index (κ3) is 7.67. The Balaban J connectivity index is 1.41. The molecule has 2 heterocycles. The van der Waals surface area contributed by atoms with Crippen LogP contribution in [0.5, 0.6) is 5.75 Å². The second-order valence-corrected chi connectivity index (χ2v) is 11.8. The first kappa shape index (κ1) is 34.4. The largest absolute Gasteiger partial charge is 0.493 e. The Morgan fingerprint density at radius 1 is 0.957 bits per heavy atom. The van der Waals surface area contributed by atoms with Crippen molar-refractivity contribution in [2.75, 3.05) is 56.7 Å². The van der Waals surface area contributed by atoms with Crippen LogP contribution < -0.4 is 14.5 Å². The van der Waals surface area contributed by atoms with Crippen LogP contribution in [0.25, 0.3) is 0 Å². The van der Waals surface area contributed by atoms with E-state index in [-0.39, 0.29) is 23.9 Å². The van der Waals surface area contributed by atoms with Crippen LogP contribution in [0.3, 0.4) is 0 Å². The summed E-state index contributed by atoms with van der Waals surface area (Å²) in [4.78, 5) is 49.9. The zero-order chi connectivity index (χ0) is 33.6. The van der Waals surface area contributed by atoms with Gasteiger partial charge in [0.15, 0.2) is 0 Å². The molecule has 0 aliphatic carbocycles. The number of ether oxygens (including phenoxy) is 1. The summed E-state index contributed by atoms with van der Waals surface area (Å²) < 4.78 is 46.6. The number of anilines is 2. The van der Waals surface area contributed by atoms with Crippen LogP contribution in [0.1, 0.15) is 48.7 Å². The molecule has 0 saturated heterocycles. The fourth-order valence-corrected chi connectivity index (χ4v) is 5.48. The molecule has 12 heteroatoms. The van der Waals surface area contributed by atoms with Crippen molar-refractivity contribution >= 4 is 29.1 Å². The minimum Gasteiger partial charge on any atom is -0.493 e. The molecule has 3 aromatic rings. The molecule has 0 spiro atoms. The summed E-state index contributed by atoms with van der Waals surface area (Å²) in [5.74, 6) is -0.705. The van der Waals surface area contributed by atoms with E-state index >= 15 is 0 Å². The maximum absolute atomic E-state index is 13.5. The highest BCUT2D eigenvalue weighted by Crippen LogP contribution is 2.40. The van der Waals surface area contributed by atoms with Gasteiger partial charge in [-0.05, 0) is 69.2 Å². The van der Waals surface area contributed by atoms with Crippen molar-refractivity contribution in [3.05, 3.63) is 83.7 Å². The van der Waals surface area contributed by atoms with E-state index in [4.69, 9.17) is 4.74 Å². The summed E-state index contributed by atoms with van der Waals surface area (Å²) in [5, 5.41) is 0. The molecule has 3 amide bonds. The quantitative estimate of drug-likeness (QED) is 0.192. The molecule has 1 aromatic heterocycles. The number of carbonyl (C=O) groups is 3.